The molecule has 5 aromatic rings. The van der Waals surface area contributed by atoms with Gasteiger partial charge in [0.05, 0.1) is 54.7 Å². The molecule has 462 valence electrons. The number of fused-ring (bicyclic) bond motifs is 6. The summed E-state index contributed by atoms with van der Waals surface area (Å²) in [6, 6.07) is 20.6. The van der Waals surface area contributed by atoms with Gasteiger partial charge in [0.25, 0.3) is 0 Å². The first-order valence-corrected chi connectivity index (χ1v) is 27.9. The predicted octanol–water partition coefficient (Wildman–Crippen LogP) is 8.31. The molecule has 9 N–H and O–H groups in total. The van der Waals surface area contributed by atoms with Crippen LogP contribution in [0, 0.1) is 0 Å². The van der Waals surface area contributed by atoms with Gasteiger partial charge in [-0.3, -0.25) is 14.4 Å². The maximum absolute atomic E-state index is 12.7. The van der Waals surface area contributed by atoms with Crippen LogP contribution in [0.4, 0.5) is 14.4 Å². The number of carboxylic acids is 2. The number of rotatable bonds is 25. The van der Waals surface area contributed by atoms with Crippen molar-refractivity contribution < 1.29 is 86.4 Å². The SMILES string of the molecule is COc1cc2c(c(OC)c1OC)-c1ccc(OC(=O)NCCCCC(N)C(=O)O)cc1[C@@H](NC(C)=O)CC2.COc1cc2c(c(OC)c1OC)-c1ccc(OC(=O)NCCCCC(NC(=O)OCc3ccccc3)C(=O)O)cc1[C@@H](NC(C)=O)CC2. The van der Waals surface area contributed by atoms with Crippen LogP contribution in [-0.2, 0) is 43.4 Å². The van der Waals surface area contributed by atoms with Crippen LogP contribution in [0.25, 0.3) is 22.3 Å². The van der Waals surface area contributed by atoms with E-state index in [1.807, 2.05) is 42.5 Å². The minimum absolute atomic E-state index is 0.0224. The molecule has 0 fully saturated rings. The summed E-state index contributed by atoms with van der Waals surface area (Å²) in [7, 11) is 9.31. The van der Waals surface area contributed by atoms with Gasteiger partial charge in [-0.15, -0.1) is 0 Å². The largest absolute Gasteiger partial charge is 0.493 e. The first kappa shape index (κ1) is 65.7. The average molecular weight is 1190 g/mol. The summed E-state index contributed by atoms with van der Waals surface area (Å²) in [4.78, 5) is 83.8. The van der Waals surface area contributed by atoms with Crippen molar-refractivity contribution in [3.63, 3.8) is 0 Å². The Morgan fingerprint density at radius 1 is 0.547 bits per heavy atom. The summed E-state index contributed by atoms with van der Waals surface area (Å²) in [6.07, 6.45) is 2.69. The van der Waals surface area contributed by atoms with Gasteiger partial charge in [-0.25, -0.2) is 19.2 Å². The molecular weight excluding hydrogens is 1120 g/mol. The quantitative estimate of drug-likeness (QED) is 0.0255. The number of ether oxygens (including phenoxy) is 9. The third-order valence-electron chi connectivity index (χ3n) is 14.3. The maximum Gasteiger partial charge on any atom is 0.412 e. The van der Waals surface area contributed by atoms with Crippen LogP contribution in [0.1, 0.15) is 105 Å². The van der Waals surface area contributed by atoms with E-state index in [0.717, 1.165) is 50.1 Å². The Morgan fingerprint density at radius 2 is 1.00 bits per heavy atom. The summed E-state index contributed by atoms with van der Waals surface area (Å²) in [6.45, 7) is 3.47. The van der Waals surface area contributed by atoms with Gasteiger partial charge >= 0.3 is 30.2 Å². The Balaban J connectivity index is 0.000000283. The smallest absolute Gasteiger partial charge is 0.412 e. The van der Waals surface area contributed by atoms with E-state index >= 15 is 0 Å². The molecule has 0 aliphatic heterocycles. The van der Waals surface area contributed by atoms with E-state index in [4.69, 9.17) is 53.5 Å². The lowest BCUT2D eigenvalue weighted by Crippen LogP contribution is -2.41. The number of carbonyl (C=O) groups is 7. The number of aryl methyl sites for hydroxylation is 2. The van der Waals surface area contributed by atoms with Crippen LogP contribution < -0.4 is 70.2 Å². The van der Waals surface area contributed by atoms with Crippen LogP contribution in [0.2, 0.25) is 0 Å². The number of unbranched alkanes of at least 4 members (excludes halogenated alkanes) is 2. The van der Waals surface area contributed by atoms with Gasteiger partial charge in [0.1, 0.15) is 30.2 Å². The van der Waals surface area contributed by atoms with E-state index in [0.29, 0.717) is 105 Å². The molecule has 2 aliphatic carbocycles. The normalized spacial score (nSPS) is 14.2. The number of carbonyl (C=O) groups excluding carboxylic acids is 5. The van der Waals surface area contributed by atoms with Crippen molar-refractivity contribution in [3.8, 4) is 68.2 Å². The number of hydrogen-bond acceptors (Lipinski definition) is 17. The fourth-order valence-electron chi connectivity index (χ4n) is 10.3. The number of hydrogen-bond donors (Lipinski definition) is 8. The lowest BCUT2D eigenvalue weighted by atomic mass is 9.93. The van der Waals surface area contributed by atoms with Gasteiger partial charge in [0.15, 0.2) is 23.0 Å². The van der Waals surface area contributed by atoms with E-state index < -0.39 is 42.3 Å². The van der Waals surface area contributed by atoms with Crippen molar-refractivity contribution in [1.29, 1.82) is 0 Å². The van der Waals surface area contributed by atoms with E-state index in [1.165, 1.54) is 21.0 Å². The number of alkyl carbamates (subject to hydrolysis) is 1. The first-order valence-electron chi connectivity index (χ1n) is 27.9. The zero-order chi connectivity index (χ0) is 62.5. The summed E-state index contributed by atoms with van der Waals surface area (Å²) in [5.74, 6) is 0.956. The summed E-state index contributed by atoms with van der Waals surface area (Å²) in [5, 5.41) is 32.1. The van der Waals surface area contributed by atoms with Crippen LogP contribution in [0.5, 0.6) is 46.0 Å². The monoisotopic (exact) mass is 1190 g/mol. The molecule has 0 heterocycles. The van der Waals surface area contributed by atoms with Gasteiger partial charge in [-0.05, 0) is 140 Å². The van der Waals surface area contributed by atoms with Crippen LogP contribution in [0.15, 0.2) is 78.9 Å². The molecule has 24 heteroatoms. The fraction of sp³-hybridized carbons (Fsp3) is 0.403. The molecule has 5 amide bonds. The van der Waals surface area contributed by atoms with Gasteiger partial charge < -0.3 is 85.2 Å². The van der Waals surface area contributed by atoms with Crippen molar-refractivity contribution in [1.82, 2.24) is 26.6 Å². The number of amides is 5. The van der Waals surface area contributed by atoms with Crippen molar-refractivity contribution in [2.75, 3.05) is 55.7 Å². The molecule has 0 saturated heterocycles. The first-order chi connectivity index (χ1) is 41.3. The lowest BCUT2D eigenvalue weighted by molar-refractivity contribution is -0.140. The van der Waals surface area contributed by atoms with E-state index in [9.17, 15) is 38.7 Å². The highest BCUT2D eigenvalue weighted by atomic mass is 16.6. The molecule has 0 saturated carbocycles. The summed E-state index contributed by atoms with van der Waals surface area (Å²) >= 11 is 0. The zero-order valence-electron chi connectivity index (χ0n) is 49.5. The molecular formula is C62H76N6O18. The van der Waals surface area contributed by atoms with E-state index in [1.54, 1.807) is 71.9 Å². The van der Waals surface area contributed by atoms with Gasteiger partial charge in [-0.2, -0.15) is 0 Å². The highest BCUT2D eigenvalue weighted by Gasteiger charge is 2.32. The second-order valence-electron chi connectivity index (χ2n) is 20.1. The number of benzene rings is 5. The molecule has 2 aliphatic rings. The minimum atomic E-state index is -1.18. The molecule has 2 unspecified atom stereocenters. The average Bonchev–Trinajstić information content (AvgIpc) is 1.68. The Labute approximate surface area is 498 Å². The molecule has 86 heavy (non-hydrogen) atoms. The zero-order valence-corrected chi connectivity index (χ0v) is 49.5. The third-order valence-corrected chi connectivity index (χ3v) is 14.3. The summed E-state index contributed by atoms with van der Waals surface area (Å²) < 4.78 is 50.0. The highest BCUT2D eigenvalue weighted by Crippen LogP contribution is 2.52. The molecule has 24 nitrogen and oxygen atoms in total. The third kappa shape index (κ3) is 17.6. The maximum atomic E-state index is 12.7. The second-order valence-corrected chi connectivity index (χ2v) is 20.1. The molecule has 0 bridgehead atoms. The lowest BCUT2D eigenvalue weighted by Gasteiger charge is -2.21. The fourth-order valence-corrected chi connectivity index (χ4v) is 10.3. The van der Waals surface area contributed by atoms with Gasteiger partial charge in [0, 0.05) is 38.1 Å². The molecule has 5 aromatic carbocycles. The Morgan fingerprint density at radius 3 is 1.41 bits per heavy atom. The van der Waals surface area contributed by atoms with Crippen molar-refractivity contribution >= 4 is 42.0 Å². The number of nitrogens with one attached hydrogen (secondary N) is 5. The summed E-state index contributed by atoms with van der Waals surface area (Å²) in [5.41, 5.74) is 12.9. The number of carboxylic acid groups (broad SMARTS) is 2. The predicted molar refractivity (Wildman–Crippen MR) is 315 cm³/mol. The molecule has 0 radical (unpaired) electrons. The second kappa shape index (κ2) is 32.0. The number of aliphatic carboxylic acids is 2. The van der Waals surface area contributed by atoms with Crippen LogP contribution in [0.3, 0.4) is 0 Å². The highest BCUT2D eigenvalue weighted by molar-refractivity contribution is 5.86. The van der Waals surface area contributed by atoms with E-state index in [-0.39, 0.29) is 49.2 Å². The Bertz CT molecular complexity index is 3210. The Kier molecular flexibility index (Phi) is 24.4. The molecule has 7 rings (SSSR count). The molecule has 4 atom stereocenters. The Hall–Kier alpha value is -9.45. The number of methoxy groups -OCH3 is 6. The standard InChI is InChI=1S/C35H41N3O10.C27H35N3O8/c1-21(39)37-27-16-13-23-18-29(44-2)31(45-3)32(46-4)30(23)25-15-14-24(19-26(25)27)48-34(42)36-17-9-8-12-28(33(40)41)38-35(43)47-20-22-10-6-5-7-11-22;1-15(31)30-21-11-8-16-13-22(35-2)24(36-3)25(37-4)23(16)18-10-9-17(14-19(18)21)38-27(34)29-12-6-5-7-20(28)26(32)33/h5-7,10-11,14-15,18-19,27-28H,8-9,12-13,16-17,20H2,1-4H3,(H,36,42)(H,37,39)(H,38,43)(H,40,41);9-10,13-14,20-21H,5-8,11-12,28H2,1-4H3,(H,29,34)(H,30,31)(H,32,33)/t27-,28?;20?,21-/m00/s1. The van der Waals surface area contributed by atoms with Crippen molar-refractivity contribution in [2.45, 2.75) is 109 Å². The van der Waals surface area contributed by atoms with E-state index in [2.05, 4.69) is 26.6 Å². The van der Waals surface area contributed by atoms with Gasteiger partial charge in [-0.1, -0.05) is 42.5 Å². The topological polar surface area (TPSA) is 329 Å². The van der Waals surface area contributed by atoms with Crippen LogP contribution in [-0.4, -0.2) is 120 Å². The minimum Gasteiger partial charge on any atom is -0.493 e. The number of nitrogens with two attached hydrogens (primary N) is 1. The van der Waals surface area contributed by atoms with Crippen molar-refractivity contribution in [2.24, 2.45) is 5.73 Å². The molecule has 0 aromatic heterocycles. The van der Waals surface area contributed by atoms with Crippen molar-refractivity contribution in [3.05, 3.63) is 107 Å². The molecule has 0 spiro atoms. The van der Waals surface area contributed by atoms with Gasteiger partial charge in [0.2, 0.25) is 23.3 Å². The van der Waals surface area contributed by atoms with Crippen LogP contribution >= 0.6 is 0 Å².